The maximum atomic E-state index is 12.7. The zero-order valence-corrected chi connectivity index (χ0v) is 23.0. The summed E-state index contributed by atoms with van der Waals surface area (Å²) in [5.41, 5.74) is 2.15. The predicted molar refractivity (Wildman–Crippen MR) is 142 cm³/mol. The molecule has 0 bridgehead atoms. The molecule has 196 valence electrons. The number of thioether (sulfide) groups is 1. The average molecular weight is 544 g/mol. The lowest BCUT2D eigenvalue weighted by Crippen LogP contribution is -2.25. The Bertz CT molecular complexity index is 1330. The quantitative estimate of drug-likeness (QED) is 0.211. The van der Waals surface area contributed by atoms with Crippen LogP contribution >= 0.6 is 23.1 Å². The number of aromatic nitrogens is 3. The van der Waals surface area contributed by atoms with Crippen molar-refractivity contribution in [3.63, 3.8) is 0 Å². The van der Waals surface area contributed by atoms with Crippen molar-refractivity contribution >= 4 is 51.7 Å². The van der Waals surface area contributed by atoms with Crippen LogP contribution in [-0.4, -0.2) is 50.7 Å². The van der Waals surface area contributed by atoms with E-state index in [0.717, 1.165) is 16.9 Å². The number of hydrogen-bond acceptors (Lipinski definition) is 9. The predicted octanol–water partition coefficient (Wildman–Crippen LogP) is 4.02. The van der Waals surface area contributed by atoms with E-state index < -0.39 is 5.97 Å². The Morgan fingerprint density at radius 3 is 2.49 bits per heavy atom. The second-order valence-corrected chi connectivity index (χ2v) is 9.98. The van der Waals surface area contributed by atoms with Gasteiger partial charge >= 0.3 is 5.97 Å². The number of carbonyl (C=O) groups is 4. The fourth-order valence-electron chi connectivity index (χ4n) is 3.64. The number of amides is 2. The number of Topliss-reactive ketones (excluding diaryl/α,β-unsaturated/α-hetero) is 1. The molecule has 2 aromatic heterocycles. The molecule has 0 radical (unpaired) electrons. The third-order valence-electron chi connectivity index (χ3n) is 5.44. The van der Waals surface area contributed by atoms with Gasteiger partial charge in [-0.2, -0.15) is 0 Å². The van der Waals surface area contributed by atoms with E-state index in [0.29, 0.717) is 33.5 Å². The van der Waals surface area contributed by atoms with Gasteiger partial charge in [0.1, 0.15) is 5.00 Å². The van der Waals surface area contributed by atoms with Crippen molar-refractivity contribution in [3.05, 3.63) is 57.2 Å². The Morgan fingerprint density at radius 2 is 1.84 bits per heavy atom. The van der Waals surface area contributed by atoms with Gasteiger partial charge in [-0.3, -0.25) is 14.4 Å². The molecule has 37 heavy (non-hydrogen) atoms. The Balaban J connectivity index is 1.66. The monoisotopic (exact) mass is 543 g/mol. The second kappa shape index (κ2) is 12.6. The van der Waals surface area contributed by atoms with Gasteiger partial charge in [-0.25, -0.2) is 4.79 Å². The zero-order chi connectivity index (χ0) is 27.1. The standard InChI is InChI=1S/C25H29N5O5S2/c1-6-30-18(12-26-22(33)17-11-9-8-10-14(17)3)28-29-25(30)36-13-19(32)27-23-20(24(34)35-7-2)15(4)21(37-23)16(5)31/h8-11H,6-7,12-13H2,1-5H3,(H,26,33)(H,27,32). The van der Waals surface area contributed by atoms with Crippen LogP contribution in [-0.2, 0) is 22.6 Å². The van der Waals surface area contributed by atoms with Gasteiger partial charge in [0.05, 0.1) is 29.3 Å². The number of rotatable bonds is 11. The molecule has 0 saturated heterocycles. The number of aryl methyl sites for hydroxylation is 1. The smallest absolute Gasteiger partial charge is 0.341 e. The first-order valence-corrected chi connectivity index (χ1v) is 13.5. The molecule has 12 heteroatoms. The topological polar surface area (TPSA) is 132 Å². The molecule has 3 aromatic rings. The molecule has 2 N–H and O–H groups in total. The summed E-state index contributed by atoms with van der Waals surface area (Å²) in [5, 5.41) is 14.8. The summed E-state index contributed by atoms with van der Waals surface area (Å²) in [4.78, 5) is 50.1. The summed E-state index contributed by atoms with van der Waals surface area (Å²) in [6.45, 7) is 9.46. The largest absolute Gasteiger partial charge is 0.462 e. The molecule has 2 amide bonds. The summed E-state index contributed by atoms with van der Waals surface area (Å²) < 4.78 is 6.93. The highest BCUT2D eigenvalue weighted by Gasteiger charge is 2.25. The van der Waals surface area contributed by atoms with Gasteiger partial charge in [0.25, 0.3) is 5.91 Å². The molecule has 0 atom stereocenters. The van der Waals surface area contributed by atoms with Crippen LogP contribution in [0.1, 0.15) is 68.1 Å². The Kier molecular flexibility index (Phi) is 9.59. The molecule has 2 heterocycles. The molecule has 0 unspecified atom stereocenters. The summed E-state index contributed by atoms with van der Waals surface area (Å²) >= 11 is 2.23. The molecule has 0 spiro atoms. The third-order valence-corrected chi connectivity index (χ3v) is 7.71. The van der Waals surface area contributed by atoms with E-state index in [1.165, 1.54) is 18.7 Å². The van der Waals surface area contributed by atoms with E-state index in [2.05, 4.69) is 20.8 Å². The van der Waals surface area contributed by atoms with Crippen LogP contribution in [0, 0.1) is 13.8 Å². The molecule has 0 aliphatic heterocycles. The molecule has 0 saturated carbocycles. The van der Waals surface area contributed by atoms with Crippen molar-refractivity contribution in [2.45, 2.75) is 52.9 Å². The van der Waals surface area contributed by atoms with Gasteiger partial charge in [0, 0.05) is 12.1 Å². The van der Waals surface area contributed by atoms with Crippen LogP contribution in [0.5, 0.6) is 0 Å². The summed E-state index contributed by atoms with van der Waals surface area (Å²) in [6.07, 6.45) is 0. The highest BCUT2D eigenvalue weighted by molar-refractivity contribution is 7.99. The van der Waals surface area contributed by atoms with Crippen molar-refractivity contribution in [2.75, 3.05) is 17.7 Å². The van der Waals surface area contributed by atoms with Crippen LogP contribution < -0.4 is 10.6 Å². The number of esters is 1. The molecule has 0 aliphatic carbocycles. The van der Waals surface area contributed by atoms with Crippen molar-refractivity contribution in [2.24, 2.45) is 0 Å². The van der Waals surface area contributed by atoms with Crippen molar-refractivity contribution < 1.29 is 23.9 Å². The molecule has 10 nitrogen and oxygen atoms in total. The Morgan fingerprint density at radius 1 is 1.11 bits per heavy atom. The van der Waals surface area contributed by atoms with E-state index in [1.54, 1.807) is 19.9 Å². The maximum absolute atomic E-state index is 12.7. The van der Waals surface area contributed by atoms with Gasteiger partial charge in [-0.1, -0.05) is 30.0 Å². The van der Waals surface area contributed by atoms with Crippen LogP contribution in [0.25, 0.3) is 0 Å². The van der Waals surface area contributed by atoms with E-state index in [9.17, 15) is 19.2 Å². The normalized spacial score (nSPS) is 10.7. The lowest BCUT2D eigenvalue weighted by Gasteiger charge is -2.10. The number of benzene rings is 1. The minimum Gasteiger partial charge on any atom is -0.462 e. The molecule has 3 rings (SSSR count). The number of ether oxygens (including phenoxy) is 1. The van der Waals surface area contributed by atoms with Gasteiger partial charge in [0.15, 0.2) is 16.8 Å². The van der Waals surface area contributed by atoms with Crippen LogP contribution in [0.3, 0.4) is 0 Å². The van der Waals surface area contributed by atoms with Gasteiger partial charge in [-0.05, 0) is 51.8 Å². The van der Waals surface area contributed by atoms with Gasteiger partial charge in [-0.15, -0.1) is 21.5 Å². The number of ketones is 1. The van der Waals surface area contributed by atoms with Crippen molar-refractivity contribution in [3.8, 4) is 0 Å². The summed E-state index contributed by atoms with van der Waals surface area (Å²) in [7, 11) is 0. The Labute approximate surface area is 223 Å². The fourth-order valence-corrected chi connectivity index (χ4v) is 5.56. The molecule has 0 aliphatic rings. The molecular formula is C25H29N5O5S2. The number of anilines is 1. The van der Waals surface area contributed by atoms with Crippen LogP contribution in [0.2, 0.25) is 0 Å². The van der Waals surface area contributed by atoms with E-state index >= 15 is 0 Å². The Hall–Kier alpha value is -3.51. The van der Waals surface area contributed by atoms with E-state index in [4.69, 9.17) is 4.74 Å². The zero-order valence-electron chi connectivity index (χ0n) is 21.3. The number of hydrogen-bond donors (Lipinski definition) is 2. The first kappa shape index (κ1) is 28.1. The minimum absolute atomic E-state index is 0.00230. The number of thiophene rings is 1. The fraction of sp³-hybridized carbons (Fsp3) is 0.360. The summed E-state index contributed by atoms with van der Waals surface area (Å²) in [6, 6.07) is 7.32. The lowest BCUT2D eigenvalue weighted by atomic mass is 10.1. The maximum Gasteiger partial charge on any atom is 0.341 e. The summed E-state index contributed by atoms with van der Waals surface area (Å²) in [5.74, 6) is -0.784. The van der Waals surface area contributed by atoms with E-state index in [-0.39, 0.29) is 47.1 Å². The molecular weight excluding hydrogens is 514 g/mol. The molecule has 1 aromatic carbocycles. The second-order valence-electron chi connectivity index (χ2n) is 8.01. The number of nitrogens with one attached hydrogen (secondary N) is 2. The van der Waals surface area contributed by atoms with Crippen LogP contribution in [0.15, 0.2) is 29.4 Å². The van der Waals surface area contributed by atoms with Crippen molar-refractivity contribution in [1.82, 2.24) is 20.1 Å². The van der Waals surface area contributed by atoms with Crippen LogP contribution in [0.4, 0.5) is 5.00 Å². The minimum atomic E-state index is -0.588. The first-order chi connectivity index (χ1) is 17.7. The number of nitrogens with zero attached hydrogens (tertiary/aromatic N) is 3. The third kappa shape index (κ3) is 6.63. The van der Waals surface area contributed by atoms with Crippen molar-refractivity contribution in [1.29, 1.82) is 0 Å². The lowest BCUT2D eigenvalue weighted by molar-refractivity contribution is -0.113. The highest BCUT2D eigenvalue weighted by atomic mass is 32.2. The highest BCUT2D eigenvalue weighted by Crippen LogP contribution is 2.34. The van der Waals surface area contributed by atoms with E-state index in [1.807, 2.05) is 36.6 Å². The van der Waals surface area contributed by atoms with Gasteiger partial charge in [0.2, 0.25) is 5.91 Å². The van der Waals surface area contributed by atoms with Gasteiger partial charge < -0.3 is 19.9 Å². The SMILES string of the molecule is CCOC(=O)c1c(NC(=O)CSc2nnc(CNC(=O)c3ccccc3C)n2CC)sc(C(C)=O)c1C. The number of carbonyl (C=O) groups excluding carboxylic acids is 4. The first-order valence-electron chi connectivity index (χ1n) is 11.7. The molecule has 0 fully saturated rings. The average Bonchev–Trinajstić information content (AvgIpc) is 3.41.